The highest BCUT2D eigenvalue weighted by molar-refractivity contribution is 5.00. The smallest absolute Gasteiger partial charge is 0.230 e. The summed E-state index contributed by atoms with van der Waals surface area (Å²) in [5, 5.41) is 4.12. The van der Waals surface area contributed by atoms with Gasteiger partial charge in [-0.15, -0.1) is 0 Å². The minimum atomic E-state index is 0.280. The second-order valence-electron chi connectivity index (χ2n) is 5.77. The number of hydrogen-bond donors (Lipinski definition) is 1. The molecule has 0 bridgehead atoms. The third-order valence-electron chi connectivity index (χ3n) is 4.45. The molecule has 1 aliphatic heterocycles. The molecule has 0 amide bonds. The topological polar surface area (TPSA) is 74.2 Å². The van der Waals surface area contributed by atoms with Gasteiger partial charge < -0.3 is 15.0 Å². The molecule has 2 fully saturated rings. The predicted molar refractivity (Wildman–Crippen MR) is 70.7 cm³/mol. The Bertz CT molecular complexity index is 401. The molecule has 0 radical (unpaired) electrons. The molecule has 1 saturated heterocycles. The van der Waals surface area contributed by atoms with E-state index in [4.69, 9.17) is 15.0 Å². The monoisotopic (exact) mass is 265 g/mol. The number of rotatable bonds is 4. The van der Waals surface area contributed by atoms with Crippen molar-refractivity contribution in [1.29, 1.82) is 0 Å². The second-order valence-corrected chi connectivity index (χ2v) is 5.77. The lowest BCUT2D eigenvalue weighted by Gasteiger charge is -2.27. The van der Waals surface area contributed by atoms with E-state index in [0.717, 1.165) is 44.0 Å². The van der Waals surface area contributed by atoms with Gasteiger partial charge in [0, 0.05) is 18.9 Å². The van der Waals surface area contributed by atoms with E-state index < -0.39 is 0 Å². The first-order valence-corrected chi connectivity index (χ1v) is 7.51. The molecule has 5 heteroatoms. The first-order chi connectivity index (χ1) is 9.36. The van der Waals surface area contributed by atoms with Crippen LogP contribution in [0.5, 0.6) is 0 Å². The summed E-state index contributed by atoms with van der Waals surface area (Å²) < 4.78 is 11.1. The summed E-state index contributed by atoms with van der Waals surface area (Å²) in [7, 11) is 0. The Hall–Kier alpha value is -0.940. The van der Waals surface area contributed by atoms with Crippen LogP contribution in [0.15, 0.2) is 4.52 Å². The van der Waals surface area contributed by atoms with Crippen LogP contribution >= 0.6 is 0 Å². The SMILES string of the molecule is NCC1CCCCC1c1nc(CC2CCCO2)no1. The Morgan fingerprint density at radius 3 is 2.84 bits per heavy atom. The molecular weight excluding hydrogens is 242 g/mol. The zero-order valence-corrected chi connectivity index (χ0v) is 11.4. The van der Waals surface area contributed by atoms with Gasteiger partial charge in [0.05, 0.1) is 6.10 Å². The van der Waals surface area contributed by atoms with Crippen LogP contribution in [0.3, 0.4) is 0 Å². The normalized spacial score (nSPS) is 31.7. The second kappa shape index (κ2) is 6.01. The highest BCUT2D eigenvalue weighted by Gasteiger charge is 2.30. The Morgan fingerprint density at radius 2 is 2.05 bits per heavy atom. The van der Waals surface area contributed by atoms with Gasteiger partial charge in [0.1, 0.15) is 0 Å². The zero-order chi connectivity index (χ0) is 13.1. The van der Waals surface area contributed by atoms with E-state index in [0.29, 0.717) is 18.4 Å². The molecular formula is C14H23N3O2. The molecule has 1 aromatic heterocycles. The van der Waals surface area contributed by atoms with Crippen molar-refractivity contribution < 1.29 is 9.26 Å². The summed E-state index contributed by atoms with van der Waals surface area (Å²) in [5.74, 6) is 2.46. The van der Waals surface area contributed by atoms with Gasteiger partial charge in [0.2, 0.25) is 5.89 Å². The molecule has 5 nitrogen and oxygen atoms in total. The Morgan fingerprint density at radius 1 is 1.16 bits per heavy atom. The van der Waals surface area contributed by atoms with E-state index in [9.17, 15) is 0 Å². The van der Waals surface area contributed by atoms with Crippen molar-refractivity contribution >= 4 is 0 Å². The Balaban J connectivity index is 1.65. The van der Waals surface area contributed by atoms with Crippen molar-refractivity contribution in [1.82, 2.24) is 10.1 Å². The van der Waals surface area contributed by atoms with E-state index in [-0.39, 0.29) is 6.10 Å². The summed E-state index contributed by atoms with van der Waals surface area (Å²) in [5.41, 5.74) is 5.86. The highest BCUT2D eigenvalue weighted by atomic mass is 16.5. The van der Waals surface area contributed by atoms with E-state index in [2.05, 4.69) is 10.1 Å². The van der Waals surface area contributed by atoms with E-state index >= 15 is 0 Å². The molecule has 106 valence electrons. The first-order valence-electron chi connectivity index (χ1n) is 7.51. The number of ether oxygens (including phenoxy) is 1. The number of hydrogen-bond acceptors (Lipinski definition) is 5. The van der Waals surface area contributed by atoms with Crippen molar-refractivity contribution in [2.75, 3.05) is 13.2 Å². The fourth-order valence-electron chi connectivity index (χ4n) is 3.32. The van der Waals surface area contributed by atoms with Gasteiger partial charge in [-0.1, -0.05) is 18.0 Å². The standard InChI is InChI=1S/C14H23N3O2/c15-9-10-4-1-2-6-12(10)14-16-13(17-19-14)8-11-5-3-7-18-11/h10-12H,1-9,15H2. The highest BCUT2D eigenvalue weighted by Crippen LogP contribution is 2.36. The lowest BCUT2D eigenvalue weighted by atomic mass is 9.79. The molecule has 3 rings (SSSR count). The van der Waals surface area contributed by atoms with Crippen LogP contribution in [0, 0.1) is 5.92 Å². The lowest BCUT2D eigenvalue weighted by Crippen LogP contribution is -2.25. The summed E-state index contributed by atoms with van der Waals surface area (Å²) in [6.07, 6.45) is 8.14. The quantitative estimate of drug-likeness (QED) is 0.901. The van der Waals surface area contributed by atoms with Crippen LogP contribution in [0.4, 0.5) is 0 Å². The van der Waals surface area contributed by atoms with Crippen LogP contribution in [-0.2, 0) is 11.2 Å². The van der Waals surface area contributed by atoms with Crippen molar-refractivity contribution in [3.05, 3.63) is 11.7 Å². The molecule has 2 heterocycles. The number of nitrogens with zero attached hydrogens (tertiary/aromatic N) is 2. The average molecular weight is 265 g/mol. The van der Waals surface area contributed by atoms with E-state index in [1.54, 1.807) is 0 Å². The predicted octanol–water partition coefficient (Wildman–Crippen LogP) is 2.02. The molecule has 0 aromatic carbocycles. The molecule has 1 saturated carbocycles. The molecule has 3 atom stereocenters. The van der Waals surface area contributed by atoms with Crippen molar-refractivity contribution in [2.24, 2.45) is 11.7 Å². The van der Waals surface area contributed by atoms with Crippen LogP contribution in [0.1, 0.15) is 56.2 Å². The largest absolute Gasteiger partial charge is 0.378 e. The van der Waals surface area contributed by atoms with Crippen molar-refractivity contribution in [3.63, 3.8) is 0 Å². The fraction of sp³-hybridized carbons (Fsp3) is 0.857. The minimum absolute atomic E-state index is 0.280. The van der Waals surface area contributed by atoms with Crippen molar-refractivity contribution in [3.8, 4) is 0 Å². The minimum Gasteiger partial charge on any atom is -0.378 e. The number of aromatic nitrogens is 2. The maximum Gasteiger partial charge on any atom is 0.230 e. The maximum absolute atomic E-state index is 5.86. The first kappa shape index (κ1) is 13.1. The van der Waals surface area contributed by atoms with Crippen LogP contribution in [-0.4, -0.2) is 29.4 Å². The van der Waals surface area contributed by atoms with Gasteiger partial charge in [-0.25, -0.2) is 0 Å². The van der Waals surface area contributed by atoms with E-state index in [1.807, 2.05) is 0 Å². The van der Waals surface area contributed by atoms with Gasteiger partial charge in [-0.3, -0.25) is 0 Å². The summed E-state index contributed by atoms with van der Waals surface area (Å²) >= 11 is 0. The zero-order valence-electron chi connectivity index (χ0n) is 11.4. The third kappa shape index (κ3) is 2.98. The van der Waals surface area contributed by atoms with Crippen molar-refractivity contribution in [2.45, 2.75) is 57.0 Å². The van der Waals surface area contributed by atoms with Gasteiger partial charge in [-0.05, 0) is 38.1 Å². The van der Waals surface area contributed by atoms with Crippen LogP contribution in [0.25, 0.3) is 0 Å². The molecule has 19 heavy (non-hydrogen) atoms. The summed E-state index contributed by atoms with van der Waals surface area (Å²) in [4.78, 5) is 4.58. The molecule has 0 spiro atoms. The van der Waals surface area contributed by atoms with E-state index in [1.165, 1.54) is 19.3 Å². The molecule has 1 aromatic rings. The van der Waals surface area contributed by atoms with Crippen LogP contribution < -0.4 is 5.73 Å². The molecule has 1 aliphatic carbocycles. The van der Waals surface area contributed by atoms with Crippen LogP contribution in [0.2, 0.25) is 0 Å². The van der Waals surface area contributed by atoms with Gasteiger partial charge in [0.25, 0.3) is 0 Å². The van der Waals surface area contributed by atoms with Gasteiger partial charge in [0.15, 0.2) is 5.82 Å². The fourth-order valence-corrected chi connectivity index (χ4v) is 3.32. The summed E-state index contributed by atoms with van der Waals surface area (Å²) in [6.45, 7) is 1.58. The van der Waals surface area contributed by atoms with Gasteiger partial charge in [-0.2, -0.15) is 4.98 Å². The number of nitrogens with two attached hydrogens (primary N) is 1. The molecule has 2 aliphatic rings. The molecule has 3 unspecified atom stereocenters. The Kier molecular flexibility index (Phi) is 4.13. The van der Waals surface area contributed by atoms with Gasteiger partial charge >= 0.3 is 0 Å². The lowest BCUT2D eigenvalue weighted by molar-refractivity contribution is 0.109. The summed E-state index contributed by atoms with van der Waals surface area (Å²) in [6, 6.07) is 0. The molecule has 2 N–H and O–H groups in total. The third-order valence-corrected chi connectivity index (χ3v) is 4.45. The average Bonchev–Trinajstić information content (AvgIpc) is 3.11. The maximum atomic E-state index is 5.86. The Labute approximate surface area is 113 Å².